The van der Waals surface area contributed by atoms with Crippen LogP contribution in [0.2, 0.25) is 10.0 Å². The van der Waals surface area contributed by atoms with Crippen LogP contribution in [-0.2, 0) is 0 Å². The molecule has 0 bridgehead atoms. The van der Waals surface area contributed by atoms with Gasteiger partial charge in [-0.25, -0.2) is 0 Å². The van der Waals surface area contributed by atoms with E-state index >= 15 is 0 Å². The van der Waals surface area contributed by atoms with Crippen molar-refractivity contribution >= 4 is 35.0 Å². The lowest BCUT2D eigenvalue weighted by Gasteiger charge is -2.26. The summed E-state index contributed by atoms with van der Waals surface area (Å²) in [6.07, 6.45) is 5.41. The summed E-state index contributed by atoms with van der Waals surface area (Å²) in [5, 5.41) is 4.92. The molecule has 1 aliphatic rings. The van der Waals surface area contributed by atoms with Crippen LogP contribution in [0.15, 0.2) is 23.1 Å². The lowest BCUT2D eigenvalue weighted by molar-refractivity contribution is 0.312. The van der Waals surface area contributed by atoms with Crippen molar-refractivity contribution in [3.05, 3.63) is 28.2 Å². The number of halogens is 2. The SMILES string of the molecule is CC1CCC(NCCSc2ccc(Cl)c(Cl)c2)CC1. The largest absolute Gasteiger partial charge is 0.313 e. The number of nitrogens with one attached hydrogen (secondary N) is 1. The van der Waals surface area contributed by atoms with Crippen LogP contribution in [0.1, 0.15) is 32.6 Å². The number of thioether (sulfide) groups is 1. The van der Waals surface area contributed by atoms with Gasteiger partial charge >= 0.3 is 0 Å². The topological polar surface area (TPSA) is 12.0 Å². The van der Waals surface area contributed by atoms with Crippen LogP contribution in [0.25, 0.3) is 0 Å². The molecule has 4 heteroatoms. The van der Waals surface area contributed by atoms with Gasteiger partial charge in [0.05, 0.1) is 10.0 Å². The van der Waals surface area contributed by atoms with Crippen LogP contribution in [0.4, 0.5) is 0 Å². The molecule has 0 saturated heterocycles. The van der Waals surface area contributed by atoms with Crippen molar-refractivity contribution in [1.29, 1.82) is 0 Å². The van der Waals surface area contributed by atoms with Crippen molar-refractivity contribution in [1.82, 2.24) is 5.32 Å². The van der Waals surface area contributed by atoms with E-state index in [1.165, 1.54) is 30.6 Å². The highest BCUT2D eigenvalue weighted by Gasteiger charge is 2.17. The molecular formula is C15H21Cl2NS. The Bertz CT molecular complexity index is 403. The first-order valence-electron chi connectivity index (χ1n) is 6.96. The molecule has 0 aliphatic heterocycles. The van der Waals surface area contributed by atoms with Crippen molar-refractivity contribution in [3.8, 4) is 0 Å². The molecule has 1 N–H and O–H groups in total. The Morgan fingerprint density at radius 2 is 1.89 bits per heavy atom. The first-order valence-corrected chi connectivity index (χ1v) is 8.70. The summed E-state index contributed by atoms with van der Waals surface area (Å²) in [5.41, 5.74) is 0. The molecule has 19 heavy (non-hydrogen) atoms. The highest BCUT2D eigenvalue weighted by atomic mass is 35.5. The molecule has 0 heterocycles. The van der Waals surface area contributed by atoms with Crippen LogP contribution < -0.4 is 5.32 Å². The van der Waals surface area contributed by atoms with Gasteiger partial charge in [0.15, 0.2) is 0 Å². The van der Waals surface area contributed by atoms with E-state index in [1.54, 1.807) is 0 Å². The molecule has 106 valence electrons. The van der Waals surface area contributed by atoms with Crippen LogP contribution in [0.3, 0.4) is 0 Å². The monoisotopic (exact) mass is 317 g/mol. The maximum Gasteiger partial charge on any atom is 0.0603 e. The molecule has 0 radical (unpaired) electrons. The normalized spacial score (nSPS) is 23.5. The molecule has 0 spiro atoms. The van der Waals surface area contributed by atoms with Gasteiger partial charge in [-0.1, -0.05) is 30.1 Å². The molecule has 0 amide bonds. The van der Waals surface area contributed by atoms with Crippen LogP contribution in [0.5, 0.6) is 0 Å². The Kier molecular flexibility index (Phi) is 6.34. The molecule has 1 aliphatic carbocycles. The fourth-order valence-electron chi connectivity index (χ4n) is 2.46. The number of hydrogen-bond acceptors (Lipinski definition) is 2. The van der Waals surface area contributed by atoms with Crippen molar-refractivity contribution < 1.29 is 0 Å². The molecular weight excluding hydrogens is 297 g/mol. The predicted molar refractivity (Wildman–Crippen MR) is 86.6 cm³/mol. The number of rotatable bonds is 5. The second-order valence-corrected chi connectivity index (χ2v) is 7.32. The van der Waals surface area contributed by atoms with Crippen LogP contribution in [0, 0.1) is 5.92 Å². The van der Waals surface area contributed by atoms with Gasteiger partial charge in [0.1, 0.15) is 0 Å². The Balaban J connectivity index is 1.65. The molecule has 2 rings (SSSR count). The zero-order valence-electron chi connectivity index (χ0n) is 11.3. The third-order valence-corrected chi connectivity index (χ3v) is 5.45. The van der Waals surface area contributed by atoms with Gasteiger partial charge in [0.25, 0.3) is 0 Å². The maximum absolute atomic E-state index is 6.00. The highest BCUT2D eigenvalue weighted by molar-refractivity contribution is 7.99. The zero-order chi connectivity index (χ0) is 13.7. The molecule has 0 aromatic heterocycles. The van der Waals surface area contributed by atoms with Crippen molar-refractivity contribution in [2.45, 2.75) is 43.5 Å². The third-order valence-electron chi connectivity index (χ3n) is 3.71. The van der Waals surface area contributed by atoms with E-state index in [0.29, 0.717) is 10.0 Å². The third kappa shape index (κ3) is 5.18. The second-order valence-electron chi connectivity index (χ2n) is 5.34. The predicted octanol–water partition coefficient (Wildman–Crippen LogP) is 5.25. The fourth-order valence-corrected chi connectivity index (χ4v) is 3.65. The minimum absolute atomic E-state index is 0.625. The molecule has 1 aromatic carbocycles. The lowest BCUT2D eigenvalue weighted by Crippen LogP contribution is -2.34. The molecule has 1 fully saturated rings. The van der Waals surface area contributed by atoms with Crippen molar-refractivity contribution in [3.63, 3.8) is 0 Å². The van der Waals surface area contributed by atoms with Gasteiger partial charge in [-0.2, -0.15) is 0 Å². The van der Waals surface area contributed by atoms with Gasteiger partial charge in [-0.05, 0) is 49.8 Å². The summed E-state index contributed by atoms with van der Waals surface area (Å²) >= 11 is 13.7. The summed E-state index contributed by atoms with van der Waals surface area (Å²) in [6, 6.07) is 6.56. The standard InChI is InChI=1S/C15H21Cl2NS/c1-11-2-4-12(5-3-11)18-8-9-19-13-6-7-14(16)15(17)10-13/h6-7,10-12,18H,2-5,8-9H2,1H3. The Labute approximate surface area is 130 Å². The molecule has 0 unspecified atom stereocenters. The highest BCUT2D eigenvalue weighted by Crippen LogP contribution is 2.28. The Morgan fingerprint density at radius 3 is 2.58 bits per heavy atom. The molecule has 1 nitrogen and oxygen atoms in total. The summed E-state index contributed by atoms with van der Waals surface area (Å²) in [6.45, 7) is 3.42. The fraction of sp³-hybridized carbons (Fsp3) is 0.600. The van der Waals surface area contributed by atoms with Gasteiger partial charge in [-0.15, -0.1) is 11.8 Å². The number of benzene rings is 1. The van der Waals surface area contributed by atoms with E-state index in [9.17, 15) is 0 Å². The summed E-state index contributed by atoms with van der Waals surface area (Å²) in [5.74, 6) is 1.99. The summed E-state index contributed by atoms with van der Waals surface area (Å²) < 4.78 is 0. The molecule has 1 aromatic rings. The summed E-state index contributed by atoms with van der Waals surface area (Å²) in [4.78, 5) is 1.19. The summed E-state index contributed by atoms with van der Waals surface area (Å²) in [7, 11) is 0. The quantitative estimate of drug-likeness (QED) is 0.587. The average Bonchev–Trinajstić information content (AvgIpc) is 2.41. The number of hydrogen-bond donors (Lipinski definition) is 1. The van der Waals surface area contributed by atoms with Crippen molar-refractivity contribution in [2.24, 2.45) is 5.92 Å². The second kappa shape index (κ2) is 7.78. The van der Waals surface area contributed by atoms with E-state index < -0.39 is 0 Å². The maximum atomic E-state index is 6.00. The zero-order valence-corrected chi connectivity index (χ0v) is 13.6. The van der Waals surface area contributed by atoms with Gasteiger partial charge in [0, 0.05) is 23.2 Å². The van der Waals surface area contributed by atoms with Crippen LogP contribution in [-0.4, -0.2) is 18.3 Å². The Hall–Kier alpha value is 0.110. The van der Waals surface area contributed by atoms with E-state index in [2.05, 4.69) is 12.2 Å². The van der Waals surface area contributed by atoms with Crippen molar-refractivity contribution in [2.75, 3.05) is 12.3 Å². The van der Waals surface area contributed by atoms with Gasteiger partial charge in [-0.3, -0.25) is 0 Å². The van der Waals surface area contributed by atoms with E-state index in [1.807, 2.05) is 30.0 Å². The molecule has 1 saturated carbocycles. The minimum atomic E-state index is 0.625. The average molecular weight is 318 g/mol. The minimum Gasteiger partial charge on any atom is -0.313 e. The van der Waals surface area contributed by atoms with E-state index in [4.69, 9.17) is 23.2 Å². The van der Waals surface area contributed by atoms with E-state index in [0.717, 1.165) is 24.3 Å². The van der Waals surface area contributed by atoms with Gasteiger partial charge in [0.2, 0.25) is 0 Å². The lowest BCUT2D eigenvalue weighted by atomic mass is 9.87. The van der Waals surface area contributed by atoms with Crippen LogP contribution >= 0.6 is 35.0 Å². The smallest absolute Gasteiger partial charge is 0.0603 e. The molecule has 0 atom stereocenters. The first-order chi connectivity index (χ1) is 9.15. The van der Waals surface area contributed by atoms with Gasteiger partial charge < -0.3 is 5.32 Å². The first kappa shape index (κ1) is 15.5. The van der Waals surface area contributed by atoms with E-state index in [-0.39, 0.29) is 0 Å². The Morgan fingerprint density at radius 1 is 1.16 bits per heavy atom.